The summed E-state index contributed by atoms with van der Waals surface area (Å²) in [5.41, 5.74) is 4.27. The first-order chi connectivity index (χ1) is 18.4. The summed E-state index contributed by atoms with van der Waals surface area (Å²) < 4.78 is 22.6. The van der Waals surface area contributed by atoms with Gasteiger partial charge in [-0.3, -0.25) is 14.9 Å². The lowest BCUT2D eigenvalue weighted by molar-refractivity contribution is -0.384. The van der Waals surface area contributed by atoms with Crippen LogP contribution in [0.3, 0.4) is 0 Å². The number of ether oxygens (including phenoxy) is 3. The van der Waals surface area contributed by atoms with Gasteiger partial charge in [-0.15, -0.1) is 0 Å². The van der Waals surface area contributed by atoms with Gasteiger partial charge in [-0.25, -0.2) is 5.43 Å². The quantitative estimate of drug-likeness (QED) is 0.138. The number of hydrogen-bond acceptors (Lipinski definition) is 8. The van der Waals surface area contributed by atoms with Crippen LogP contribution >= 0.6 is 11.6 Å². The molecule has 0 fully saturated rings. The Labute approximate surface area is 222 Å². The van der Waals surface area contributed by atoms with Gasteiger partial charge >= 0.3 is 5.91 Å². The Hall–Kier alpha value is -4.57. The van der Waals surface area contributed by atoms with Crippen LogP contribution in [0, 0.1) is 10.1 Å². The van der Waals surface area contributed by atoms with Gasteiger partial charge in [0.05, 0.1) is 29.4 Å². The van der Waals surface area contributed by atoms with Crippen LogP contribution in [0.5, 0.6) is 17.2 Å². The summed E-state index contributed by atoms with van der Waals surface area (Å²) >= 11 is 6.45. The minimum atomic E-state index is -0.519. The fourth-order valence-corrected chi connectivity index (χ4v) is 3.82. The molecule has 10 nitrogen and oxygen atoms in total. The third-order valence-corrected chi connectivity index (χ3v) is 5.55. The van der Waals surface area contributed by atoms with Crippen LogP contribution in [0.2, 0.25) is 5.02 Å². The Balaban J connectivity index is 1.44. The Morgan fingerprint density at radius 3 is 2.53 bits per heavy atom. The van der Waals surface area contributed by atoms with Crippen molar-refractivity contribution in [3.8, 4) is 17.2 Å². The van der Waals surface area contributed by atoms with Crippen molar-refractivity contribution in [2.75, 3.05) is 13.2 Å². The van der Waals surface area contributed by atoms with E-state index >= 15 is 0 Å². The number of fused-ring (bicyclic) bond motifs is 1. The number of carbonyl (C=O) groups is 1. The lowest BCUT2D eigenvalue weighted by atomic mass is 10.2. The van der Waals surface area contributed by atoms with E-state index in [0.717, 1.165) is 10.9 Å². The van der Waals surface area contributed by atoms with Crippen LogP contribution in [0.4, 0.5) is 5.69 Å². The van der Waals surface area contributed by atoms with E-state index in [0.29, 0.717) is 41.6 Å². The fourth-order valence-electron chi connectivity index (χ4n) is 3.55. The topological polar surface area (TPSA) is 125 Å². The number of halogens is 1. The lowest BCUT2D eigenvalue weighted by Gasteiger charge is -2.14. The molecule has 3 aromatic carbocycles. The number of non-ortho nitro benzene ring substituents is 1. The molecule has 1 heterocycles. The van der Waals surface area contributed by atoms with E-state index in [4.69, 9.17) is 30.2 Å². The average Bonchev–Trinajstić information content (AvgIpc) is 3.32. The van der Waals surface area contributed by atoms with Crippen molar-refractivity contribution >= 4 is 40.4 Å². The molecule has 4 aromatic rings. The van der Waals surface area contributed by atoms with E-state index in [1.807, 2.05) is 13.8 Å². The number of carbonyl (C=O) groups excluding carboxylic acids is 1. The minimum Gasteiger partial charge on any atom is -0.494 e. The van der Waals surface area contributed by atoms with Crippen LogP contribution in [-0.4, -0.2) is 30.3 Å². The first-order valence-electron chi connectivity index (χ1n) is 11.7. The lowest BCUT2D eigenvalue weighted by Crippen LogP contribution is -2.16. The molecular formula is C27H24ClN3O7. The molecule has 0 bridgehead atoms. The van der Waals surface area contributed by atoms with Crippen LogP contribution in [0.25, 0.3) is 11.0 Å². The first-order valence-corrected chi connectivity index (χ1v) is 12.1. The highest BCUT2D eigenvalue weighted by atomic mass is 35.5. The van der Waals surface area contributed by atoms with Crippen molar-refractivity contribution in [2.24, 2.45) is 5.10 Å². The Bertz CT molecular complexity index is 1480. The molecule has 0 saturated carbocycles. The molecule has 0 saturated heterocycles. The van der Waals surface area contributed by atoms with E-state index < -0.39 is 10.8 Å². The molecule has 0 aliphatic rings. The zero-order chi connectivity index (χ0) is 27.1. The number of rotatable bonds is 11. The third kappa shape index (κ3) is 6.40. The average molecular weight is 538 g/mol. The van der Waals surface area contributed by atoms with Crippen LogP contribution in [0.1, 0.15) is 35.5 Å². The molecule has 1 aromatic heterocycles. The molecular weight excluding hydrogens is 514 g/mol. The molecule has 1 N–H and O–H groups in total. The smallest absolute Gasteiger partial charge is 0.307 e. The van der Waals surface area contributed by atoms with E-state index in [-0.39, 0.29) is 23.1 Å². The van der Waals surface area contributed by atoms with E-state index in [9.17, 15) is 14.9 Å². The summed E-state index contributed by atoms with van der Waals surface area (Å²) in [4.78, 5) is 22.9. The van der Waals surface area contributed by atoms with Crippen molar-refractivity contribution in [3.63, 3.8) is 0 Å². The van der Waals surface area contributed by atoms with Crippen molar-refractivity contribution in [1.29, 1.82) is 0 Å². The van der Waals surface area contributed by atoms with E-state index in [1.54, 1.807) is 48.5 Å². The second-order valence-corrected chi connectivity index (χ2v) is 8.32. The number of nitro benzene ring substituents is 1. The predicted octanol–water partition coefficient (Wildman–Crippen LogP) is 6.13. The number of furan rings is 1. The summed E-state index contributed by atoms with van der Waals surface area (Å²) in [6.45, 7) is 4.74. The molecule has 1 amide bonds. The van der Waals surface area contributed by atoms with Crippen LogP contribution in [-0.2, 0) is 6.61 Å². The minimum absolute atomic E-state index is 0.00597. The number of hydrogen-bond donors (Lipinski definition) is 1. The Morgan fingerprint density at radius 1 is 1.05 bits per heavy atom. The van der Waals surface area contributed by atoms with Gasteiger partial charge in [-0.2, -0.15) is 5.10 Å². The molecule has 0 atom stereocenters. The molecule has 0 unspecified atom stereocenters. The number of nitro groups is 1. The maximum Gasteiger partial charge on any atom is 0.307 e. The van der Waals surface area contributed by atoms with Gasteiger partial charge in [0.1, 0.15) is 17.9 Å². The first kappa shape index (κ1) is 26.5. The highest BCUT2D eigenvalue weighted by molar-refractivity contribution is 6.32. The van der Waals surface area contributed by atoms with E-state index in [2.05, 4.69) is 10.5 Å². The van der Waals surface area contributed by atoms with Gasteiger partial charge in [0.2, 0.25) is 0 Å². The highest BCUT2D eigenvalue weighted by Crippen LogP contribution is 2.37. The largest absolute Gasteiger partial charge is 0.494 e. The monoisotopic (exact) mass is 537 g/mol. The fraction of sp³-hybridized carbons (Fsp3) is 0.185. The standard InChI is InChI=1S/C27H24ClN3O7/c1-3-35-21-9-10-23-19(13-21)14-25(38-23)27(32)30-29-15-18-11-22(28)26(24(12-18)36-4-2)37-16-17-5-7-20(8-6-17)31(33)34/h5-15H,3-4,16H2,1-2H3,(H,30,32)/b29-15+. The summed E-state index contributed by atoms with van der Waals surface area (Å²) in [6.07, 6.45) is 1.42. The van der Waals surface area contributed by atoms with Crippen LogP contribution in [0.15, 0.2) is 70.2 Å². The highest BCUT2D eigenvalue weighted by Gasteiger charge is 2.15. The predicted molar refractivity (Wildman–Crippen MR) is 142 cm³/mol. The third-order valence-electron chi connectivity index (χ3n) is 5.26. The van der Waals surface area contributed by atoms with Gasteiger partial charge in [-0.1, -0.05) is 11.6 Å². The summed E-state index contributed by atoms with van der Waals surface area (Å²) in [7, 11) is 0. The molecule has 11 heteroatoms. The van der Waals surface area contributed by atoms with Crippen molar-refractivity contribution < 1.29 is 28.3 Å². The van der Waals surface area contributed by atoms with Crippen molar-refractivity contribution in [1.82, 2.24) is 5.43 Å². The van der Waals surface area contributed by atoms with Crippen molar-refractivity contribution in [2.45, 2.75) is 20.5 Å². The van der Waals surface area contributed by atoms with Crippen LogP contribution < -0.4 is 19.6 Å². The zero-order valence-electron chi connectivity index (χ0n) is 20.6. The molecule has 196 valence electrons. The summed E-state index contributed by atoms with van der Waals surface area (Å²) in [5.74, 6) is 0.982. The Kier molecular flexibility index (Phi) is 8.44. The molecule has 0 radical (unpaired) electrons. The number of hydrazone groups is 1. The summed E-state index contributed by atoms with van der Waals surface area (Å²) in [5, 5.41) is 15.8. The number of nitrogens with zero attached hydrogens (tertiary/aromatic N) is 2. The number of amides is 1. The Morgan fingerprint density at radius 2 is 1.82 bits per heavy atom. The van der Waals surface area contributed by atoms with Gasteiger partial charge in [0.25, 0.3) is 5.69 Å². The zero-order valence-corrected chi connectivity index (χ0v) is 21.4. The van der Waals surface area contributed by atoms with Gasteiger partial charge < -0.3 is 18.6 Å². The molecule has 0 spiro atoms. The maximum absolute atomic E-state index is 12.5. The molecule has 0 aliphatic carbocycles. The number of nitrogens with one attached hydrogen (secondary N) is 1. The van der Waals surface area contributed by atoms with Crippen molar-refractivity contribution in [3.05, 3.63) is 92.7 Å². The molecule has 4 rings (SSSR count). The second kappa shape index (κ2) is 12.1. The van der Waals surface area contributed by atoms with Gasteiger partial charge in [0.15, 0.2) is 17.3 Å². The normalized spacial score (nSPS) is 11.0. The van der Waals surface area contributed by atoms with E-state index in [1.165, 1.54) is 18.3 Å². The maximum atomic E-state index is 12.5. The second-order valence-electron chi connectivity index (χ2n) is 7.92. The summed E-state index contributed by atoms with van der Waals surface area (Å²) in [6, 6.07) is 16.2. The van der Waals surface area contributed by atoms with Gasteiger partial charge in [0, 0.05) is 17.5 Å². The molecule has 0 aliphatic heterocycles. The molecule has 38 heavy (non-hydrogen) atoms. The van der Waals surface area contributed by atoms with Gasteiger partial charge in [-0.05, 0) is 73.5 Å². The number of benzene rings is 3. The SMILES string of the molecule is CCOc1ccc2oc(C(=O)N/N=C/c3cc(Cl)c(OCc4ccc([N+](=O)[O-])cc4)c(OCC)c3)cc2c1.